The van der Waals surface area contributed by atoms with Crippen molar-refractivity contribution in [3.8, 4) is 0 Å². The molecular weight excluding hydrogens is 411 g/mol. The molecule has 0 bridgehead atoms. The summed E-state index contributed by atoms with van der Waals surface area (Å²) >= 11 is 5.22. The van der Waals surface area contributed by atoms with Gasteiger partial charge in [0.1, 0.15) is 0 Å². The highest BCUT2D eigenvalue weighted by molar-refractivity contribution is 7.80. The van der Waals surface area contributed by atoms with E-state index in [0.29, 0.717) is 0 Å². The lowest BCUT2D eigenvalue weighted by Crippen LogP contribution is -2.20. The van der Waals surface area contributed by atoms with Crippen molar-refractivity contribution in [3.63, 3.8) is 0 Å². The molecule has 1 heterocycles. The Hall–Kier alpha value is -3.01. The molecule has 0 aliphatic carbocycles. The first-order valence-electron chi connectivity index (χ1n) is 8.36. The zero-order valence-corrected chi connectivity index (χ0v) is 16.1. The van der Waals surface area contributed by atoms with Gasteiger partial charge in [0, 0.05) is 18.0 Å². The fourth-order valence-corrected chi connectivity index (χ4v) is 2.82. The highest BCUT2D eigenvalue weighted by Gasteiger charge is 2.25. The van der Waals surface area contributed by atoms with Crippen molar-refractivity contribution in [3.05, 3.63) is 76.2 Å². The number of nitrogens with zero attached hydrogens (tertiary/aromatic N) is 2. The Labute approximate surface area is 168 Å². The average Bonchev–Trinajstić information content (AvgIpc) is 3.11. The first-order chi connectivity index (χ1) is 13.7. The smallest absolute Gasteiger partial charge is 0.200 e. The van der Waals surface area contributed by atoms with Gasteiger partial charge in [-0.2, -0.15) is 5.10 Å². The highest BCUT2D eigenvalue weighted by atomic mass is 32.1. The lowest BCUT2D eigenvalue weighted by Gasteiger charge is -2.12. The van der Waals surface area contributed by atoms with Crippen LogP contribution in [-0.4, -0.2) is 14.9 Å². The third kappa shape index (κ3) is 4.37. The second-order valence-electron chi connectivity index (χ2n) is 6.34. The minimum Gasteiger partial charge on any atom is -0.332 e. The first kappa shape index (κ1) is 20.7. The van der Waals surface area contributed by atoms with Gasteiger partial charge in [-0.25, -0.2) is 22.0 Å². The summed E-state index contributed by atoms with van der Waals surface area (Å²) < 4.78 is 68.4. The number of thiocarbonyl (C=S) groups is 1. The van der Waals surface area contributed by atoms with Gasteiger partial charge in [0.15, 0.2) is 34.2 Å². The Balaban J connectivity index is 1.73. The van der Waals surface area contributed by atoms with Crippen LogP contribution in [0.25, 0.3) is 0 Å². The van der Waals surface area contributed by atoms with Gasteiger partial charge in [-0.3, -0.25) is 4.68 Å². The SMILES string of the molecule is Cc1ccc(C)c(NC(=S)Nc2ccn(Cc3c(F)c(F)c(F)c(F)c3F)n2)c1. The van der Waals surface area contributed by atoms with Crippen LogP contribution in [0.1, 0.15) is 16.7 Å². The molecule has 0 spiro atoms. The summed E-state index contributed by atoms with van der Waals surface area (Å²) in [6.07, 6.45) is 1.32. The molecule has 1 aromatic heterocycles. The lowest BCUT2D eigenvalue weighted by molar-refractivity contribution is 0.367. The molecule has 3 aromatic rings. The highest BCUT2D eigenvalue weighted by Crippen LogP contribution is 2.24. The van der Waals surface area contributed by atoms with Gasteiger partial charge < -0.3 is 10.6 Å². The average molecular weight is 426 g/mol. The van der Waals surface area contributed by atoms with E-state index in [1.807, 2.05) is 32.0 Å². The Morgan fingerprint density at radius 2 is 1.55 bits per heavy atom. The molecule has 0 radical (unpaired) electrons. The van der Waals surface area contributed by atoms with Gasteiger partial charge >= 0.3 is 0 Å². The Morgan fingerprint density at radius 1 is 0.931 bits per heavy atom. The summed E-state index contributed by atoms with van der Waals surface area (Å²) in [6, 6.07) is 7.24. The zero-order chi connectivity index (χ0) is 21.3. The first-order valence-corrected chi connectivity index (χ1v) is 8.77. The van der Waals surface area contributed by atoms with Gasteiger partial charge in [0.25, 0.3) is 0 Å². The second kappa shape index (κ2) is 8.16. The molecule has 0 saturated heterocycles. The molecule has 29 heavy (non-hydrogen) atoms. The Kier molecular flexibility index (Phi) is 5.83. The lowest BCUT2D eigenvalue weighted by atomic mass is 10.1. The van der Waals surface area contributed by atoms with Crippen molar-refractivity contribution < 1.29 is 22.0 Å². The van der Waals surface area contributed by atoms with E-state index in [4.69, 9.17) is 12.2 Å². The quantitative estimate of drug-likeness (QED) is 0.265. The fraction of sp³-hybridized carbons (Fsp3) is 0.158. The molecule has 10 heteroatoms. The van der Waals surface area contributed by atoms with E-state index in [-0.39, 0.29) is 10.9 Å². The van der Waals surface area contributed by atoms with E-state index >= 15 is 0 Å². The largest absolute Gasteiger partial charge is 0.332 e. The molecule has 0 unspecified atom stereocenters. The van der Waals surface area contributed by atoms with Crippen molar-refractivity contribution in [2.45, 2.75) is 20.4 Å². The van der Waals surface area contributed by atoms with E-state index in [0.717, 1.165) is 21.5 Å². The maximum absolute atomic E-state index is 13.8. The van der Waals surface area contributed by atoms with Crippen molar-refractivity contribution in [1.29, 1.82) is 0 Å². The van der Waals surface area contributed by atoms with Crippen LogP contribution in [0.4, 0.5) is 33.5 Å². The topological polar surface area (TPSA) is 41.9 Å². The summed E-state index contributed by atoms with van der Waals surface area (Å²) in [5.74, 6) is -9.74. The van der Waals surface area contributed by atoms with Gasteiger partial charge in [-0.05, 0) is 43.3 Å². The number of hydrogen-bond donors (Lipinski definition) is 2. The van der Waals surface area contributed by atoms with E-state index in [9.17, 15) is 22.0 Å². The van der Waals surface area contributed by atoms with Crippen LogP contribution in [0.2, 0.25) is 0 Å². The van der Waals surface area contributed by atoms with Crippen LogP contribution < -0.4 is 10.6 Å². The third-order valence-electron chi connectivity index (χ3n) is 4.14. The number of nitrogens with one attached hydrogen (secondary N) is 2. The normalized spacial score (nSPS) is 10.9. The summed E-state index contributed by atoms with van der Waals surface area (Å²) in [6.45, 7) is 3.19. The van der Waals surface area contributed by atoms with E-state index < -0.39 is 41.2 Å². The Bertz CT molecular complexity index is 1070. The molecule has 152 valence electrons. The molecule has 0 aliphatic heterocycles. The number of benzene rings is 2. The third-order valence-corrected chi connectivity index (χ3v) is 4.35. The van der Waals surface area contributed by atoms with E-state index in [2.05, 4.69) is 15.7 Å². The van der Waals surface area contributed by atoms with E-state index in [1.165, 1.54) is 12.3 Å². The van der Waals surface area contributed by atoms with E-state index in [1.54, 1.807) is 0 Å². The number of aryl methyl sites for hydroxylation is 2. The van der Waals surface area contributed by atoms with Crippen molar-refractivity contribution in [2.75, 3.05) is 10.6 Å². The van der Waals surface area contributed by atoms with Gasteiger partial charge in [-0.15, -0.1) is 0 Å². The number of anilines is 2. The van der Waals surface area contributed by atoms with Crippen LogP contribution in [0.5, 0.6) is 0 Å². The van der Waals surface area contributed by atoms with Crippen LogP contribution in [-0.2, 0) is 6.54 Å². The monoisotopic (exact) mass is 426 g/mol. The molecule has 0 atom stereocenters. The maximum atomic E-state index is 13.8. The predicted octanol–water partition coefficient (Wildman–Crippen LogP) is 5.05. The van der Waals surface area contributed by atoms with Crippen molar-refractivity contribution >= 4 is 28.8 Å². The molecule has 4 nitrogen and oxygen atoms in total. The minimum atomic E-state index is -2.20. The summed E-state index contributed by atoms with van der Waals surface area (Å²) in [5.41, 5.74) is 1.82. The molecule has 3 rings (SSSR count). The maximum Gasteiger partial charge on any atom is 0.200 e. The van der Waals surface area contributed by atoms with Crippen molar-refractivity contribution in [2.24, 2.45) is 0 Å². The zero-order valence-electron chi connectivity index (χ0n) is 15.3. The van der Waals surface area contributed by atoms with Crippen molar-refractivity contribution in [1.82, 2.24) is 9.78 Å². The molecule has 0 amide bonds. The number of hydrogen-bond acceptors (Lipinski definition) is 2. The second-order valence-corrected chi connectivity index (χ2v) is 6.75. The number of rotatable bonds is 4. The molecule has 0 fully saturated rings. The summed E-state index contributed by atoms with van der Waals surface area (Å²) in [7, 11) is 0. The molecule has 2 N–H and O–H groups in total. The van der Waals surface area contributed by atoms with Crippen LogP contribution in [0, 0.1) is 42.9 Å². The van der Waals surface area contributed by atoms with Gasteiger partial charge in [0.05, 0.1) is 12.1 Å². The molecular formula is C19H15F5N4S. The Morgan fingerprint density at radius 3 is 2.21 bits per heavy atom. The molecule has 0 aliphatic rings. The summed E-state index contributed by atoms with van der Waals surface area (Å²) in [4.78, 5) is 0. The fourth-order valence-electron chi connectivity index (χ4n) is 2.61. The van der Waals surface area contributed by atoms with Crippen LogP contribution in [0.15, 0.2) is 30.5 Å². The summed E-state index contributed by atoms with van der Waals surface area (Å²) in [5, 5.41) is 10.0. The molecule has 0 saturated carbocycles. The number of aromatic nitrogens is 2. The minimum absolute atomic E-state index is 0.222. The molecule has 2 aromatic carbocycles. The predicted molar refractivity (Wildman–Crippen MR) is 103 cm³/mol. The van der Waals surface area contributed by atoms with Gasteiger partial charge in [0.2, 0.25) is 5.82 Å². The standard InChI is InChI=1S/C19H15F5N4S/c1-9-3-4-10(2)12(7-9)25-19(29)26-13-5-6-28(27-13)8-11-14(20)16(22)18(24)17(23)15(11)21/h3-7H,8H2,1-2H3,(H2,25,26,27,29). The van der Waals surface area contributed by atoms with Gasteiger partial charge in [-0.1, -0.05) is 12.1 Å². The number of halogens is 5. The van der Waals surface area contributed by atoms with Crippen LogP contribution >= 0.6 is 12.2 Å². The van der Waals surface area contributed by atoms with Crippen LogP contribution in [0.3, 0.4) is 0 Å².